The van der Waals surface area contributed by atoms with Crippen LogP contribution in [0.1, 0.15) is 22.9 Å². The third-order valence-electron chi connectivity index (χ3n) is 5.27. The van der Waals surface area contributed by atoms with Crippen LogP contribution in [0.2, 0.25) is 0 Å². The van der Waals surface area contributed by atoms with E-state index < -0.39 is 6.10 Å². The van der Waals surface area contributed by atoms with Gasteiger partial charge in [-0.3, -0.25) is 4.79 Å². The number of halogens is 1. The molecule has 0 spiro atoms. The van der Waals surface area contributed by atoms with Gasteiger partial charge < -0.3 is 21.1 Å². The maximum absolute atomic E-state index is 12.4. The van der Waals surface area contributed by atoms with Crippen LogP contribution < -0.4 is 16.0 Å². The van der Waals surface area contributed by atoms with Crippen LogP contribution in [0.15, 0.2) is 90.3 Å². The third kappa shape index (κ3) is 8.49. The molecule has 4 rings (SSSR count). The number of hydrogen-bond acceptors (Lipinski definition) is 6. The van der Waals surface area contributed by atoms with E-state index in [0.29, 0.717) is 6.54 Å². The summed E-state index contributed by atoms with van der Waals surface area (Å²) in [6, 6.07) is 27.3. The van der Waals surface area contributed by atoms with Crippen molar-refractivity contribution in [2.24, 2.45) is 0 Å². The van der Waals surface area contributed by atoms with Crippen molar-refractivity contribution >= 4 is 46.2 Å². The topological polar surface area (TPSA) is 86.3 Å². The third-order valence-corrected chi connectivity index (χ3v) is 6.08. The average Bonchev–Trinajstić information content (AvgIpc) is 3.30. The van der Waals surface area contributed by atoms with Crippen molar-refractivity contribution in [3.63, 3.8) is 0 Å². The van der Waals surface area contributed by atoms with E-state index >= 15 is 0 Å². The number of nitrogens with zero attached hydrogens (tertiary/aromatic N) is 1. The Morgan fingerprint density at radius 3 is 2.31 bits per heavy atom. The Morgan fingerprint density at radius 2 is 1.60 bits per heavy atom. The predicted molar refractivity (Wildman–Crippen MR) is 146 cm³/mol. The molecule has 1 atom stereocenters. The molecule has 0 saturated heterocycles. The van der Waals surface area contributed by atoms with Gasteiger partial charge in [0.1, 0.15) is 0 Å². The molecule has 182 valence electrons. The van der Waals surface area contributed by atoms with Crippen molar-refractivity contribution in [3.05, 3.63) is 107 Å². The van der Waals surface area contributed by atoms with Crippen LogP contribution in [0.5, 0.6) is 0 Å². The van der Waals surface area contributed by atoms with Crippen LogP contribution in [0, 0.1) is 0 Å². The highest BCUT2D eigenvalue weighted by Gasteiger charge is 2.09. The first-order valence-electron chi connectivity index (χ1n) is 11.2. The second-order valence-corrected chi connectivity index (χ2v) is 8.80. The zero-order chi connectivity index (χ0) is 23.6. The molecule has 0 aliphatic carbocycles. The SMILES string of the molecule is Cl.O=C(Cc1csc(Nc2ccccc2)n1)Nc1ccc(CCNCC(O)c2ccccc2)cc1. The molecular formula is C27H29ClN4O2S. The first-order valence-corrected chi connectivity index (χ1v) is 12.1. The predicted octanol–water partition coefficient (Wildman–Crippen LogP) is 5.36. The fraction of sp³-hybridized carbons (Fsp3) is 0.185. The molecule has 1 amide bonds. The van der Waals surface area contributed by atoms with E-state index in [1.807, 2.05) is 90.3 Å². The molecule has 1 aromatic heterocycles. The van der Waals surface area contributed by atoms with Crippen LogP contribution in [0.25, 0.3) is 0 Å². The van der Waals surface area contributed by atoms with Gasteiger partial charge in [-0.1, -0.05) is 60.7 Å². The van der Waals surface area contributed by atoms with E-state index in [1.165, 1.54) is 11.3 Å². The summed E-state index contributed by atoms with van der Waals surface area (Å²) in [5.41, 5.74) is 4.54. The Balaban J connectivity index is 0.00000342. The number of rotatable bonds is 11. The lowest BCUT2D eigenvalue weighted by atomic mass is 10.1. The van der Waals surface area contributed by atoms with Crippen molar-refractivity contribution in [1.82, 2.24) is 10.3 Å². The van der Waals surface area contributed by atoms with Crippen molar-refractivity contribution in [1.29, 1.82) is 0 Å². The highest BCUT2D eigenvalue weighted by molar-refractivity contribution is 7.13. The normalized spacial score (nSPS) is 11.3. The number of aliphatic hydroxyl groups is 1. The van der Waals surface area contributed by atoms with Crippen LogP contribution in [0.3, 0.4) is 0 Å². The molecule has 3 aromatic carbocycles. The van der Waals surface area contributed by atoms with Gasteiger partial charge in [-0.15, -0.1) is 23.7 Å². The Labute approximate surface area is 215 Å². The monoisotopic (exact) mass is 508 g/mol. The molecule has 0 aliphatic rings. The number of aromatic nitrogens is 1. The molecule has 1 heterocycles. The maximum atomic E-state index is 12.4. The summed E-state index contributed by atoms with van der Waals surface area (Å²) < 4.78 is 0. The molecule has 8 heteroatoms. The van der Waals surface area contributed by atoms with Gasteiger partial charge in [-0.2, -0.15) is 0 Å². The lowest BCUT2D eigenvalue weighted by molar-refractivity contribution is -0.115. The number of nitrogens with one attached hydrogen (secondary N) is 3. The van der Waals surface area contributed by atoms with Crippen LogP contribution in [0.4, 0.5) is 16.5 Å². The number of para-hydroxylation sites is 1. The molecule has 0 bridgehead atoms. The average molecular weight is 509 g/mol. The van der Waals surface area contributed by atoms with Gasteiger partial charge in [0.05, 0.1) is 18.2 Å². The summed E-state index contributed by atoms with van der Waals surface area (Å²) in [5, 5.41) is 22.3. The maximum Gasteiger partial charge on any atom is 0.230 e. The quantitative estimate of drug-likeness (QED) is 0.205. The van der Waals surface area contributed by atoms with Crippen LogP contribution >= 0.6 is 23.7 Å². The number of anilines is 3. The van der Waals surface area contributed by atoms with E-state index in [-0.39, 0.29) is 24.7 Å². The van der Waals surface area contributed by atoms with Gasteiger partial charge >= 0.3 is 0 Å². The fourth-order valence-corrected chi connectivity index (χ4v) is 4.21. The molecule has 0 fully saturated rings. The van der Waals surface area contributed by atoms with E-state index in [0.717, 1.165) is 46.3 Å². The molecule has 4 aromatic rings. The molecule has 0 saturated carbocycles. The molecule has 1 unspecified atom stereocenters. The second kappa shape index (κ2) is 13.6. The van der Waals surface area contributed by atoms with Crippen molar-refractivity contribution in [2.75, 3.05) is 23.7 Å². The fourth-order valence-electron chi connectivity index (χ4n) is 3.48. The molecule has 0 aliphatic heterocycles. The van der Waals surface area contributed by atoms with Gasteiger partial charge in [0.15, 0.2) is 5.13 Å². The second-order valence-electron chi connectivity index (χ2n) is 7.94. The smallest absolute Gasteiger partial charge is 0.230 e. The zero-order valence-corrected chi connectivity index (χ0v) is 20.8. The molecule has 4 N–H and O–H groups in total. The van der Waals surface area contributed by atoms with Gasteiger partial charge in [-0.25, -0.2) is 4.98 Å². The Morgan fingerprint density at radius 1 is 0.914 bits per heavy atom. The van der Waals surface area contributed by atoms with Gasteiger partial charge in [0.2, 0.25) is 5.91 Å². The van der Waals surface area contributed by atoms with E-state index in [4.69, 9.17) is 0 Å². The van der Waals surface area contributed by atoms with E-state index in [1.54, 1.807) is 0 Å². The lowest BCUT2D eigenvalue weighted by Gasteiger charge is -2.12. The minimum absolute atomic E-state index is 0. The largest absolute Gasteiger partial charge is 0.387 e. The lowest BCUT2D eigenvalue weighted by Crippen LogP contribution is -2.23. The highest BCUT2D eigenvalue weighted by atomic mass is 35.5. The number of hydrogen-bond donors (Lipinski definition) is 4. The van der Waals surface area contributed by atoms with Gasteiger partial charge in [-0.05, 0) is 48.4 Å². The van der Waals surface area contributed by atoms with Crippen molar-refractivity contribution in [3.8, 4) is 0 Å². The molecular weight excluding hydrogens is 480 g/mol. The number of carbonyl (C=O) groups is 1. The Hall–Kier alpha value is -3.23. The first-order chi connectivity index (χ1) is 16.7. The summed E-state index contributed by atoms with van der Waals surface area (Å²) >= 11 is 1.48. The summed E-state index contributed by atoms with van der Waals surface area (Å²) in [6.07, 6.45) is 0.551. The summed E-state index contributed by atoms with van der Waals surface area (Å²) in [5.74, 6) is -0.0964. The summed E-state index contributed by atoms with van der Waals surface area (Å²) in [7, 11) is 0. The number of amides is 1. The minimum Gasteiger partial charge on any atom is -0.387 e. The summed E-state index contributed by atoms with van der Waals surface area (Å²) in [6.45, 7) is 1.27. The molecule has 35 heavy (non-hydrogen) atoms. The van der Waals surface area contributed by atoms with Crippen molar-refractivity contribution in [2.45, 2.75) is 18.9 Å². The Kier molecular flexibility index (Phi) is 10.3. The van der Waals surface area contributed by atoms with Crippen LogP contribution in [-0.4, -0.2) is 29.1 Å². The van der Waals surface area contributed by atoms with E-state index in [2.05, 4.69) is 20.9 Å². The zero-order valence-electron chi connectivity index (χ0n) is 19.2. The number of carbonyl (C=O) groups excluding carboxylic acids is 1. The number of benzene rings is 3. The molecule has 0 radical (unpaired) electrons. The number of aliphatic hydroxyl groups excluding tert-OH is 1. The number of thiazole rings is 1. The Bertz CT molecular complexity index is 1170. The summed E-state index contributed by atoms with van der Waals surface area (Å²) in [4.78, 5) is 16.9. The van der Waals surface area contributed by atoms with Crippen molar-refractivity contribution < 1.29 is 9.90 Å². The first kappa shape index (κ1) is 26.4. The van der Waals surface area contributed by atoms with E-state index in [9.17, 15) is 9.90 Å². The van der Waals surface area contributed by atoms with Crippen LogP contribution in [-0.2, 0) is 17.6 Å². The standard InChI is InChI=1S/C27H28N4O2S.ClH/c32-25(21-7-3-1-4-8-21)18-28-16-15-20-11-13-23(14-12-20)29-26(33)17-24-19-34-27(31-24)30-22-9-5-2-6-10-22;/h1-14,19,25,28,32H,15-18H2,(H,29,33)(H,30,31);1H. The van der Waals surface area contributed by atoms with Gasteiger partial charge in [0, 0.05) is 23.3 Å². The highest BCUT2D eigenvalue weighted by Crippen LogP contribution is 2.21. The molecule has 6 nitrogen and oxygen atoms in total. The van der Waals surface area contributed by atoms with Gasteiger partial charge in [0.25, 0.3) is 0 Å². The minimum atomic E-state index is -0.512.